The number of rotatable bonds is 4. The van der Waals surface area contributed by atoms with Crippen LogP contribution in [-0.4, -0.2) is 39.9 Å². The van der Waals surface area contributed by atoms with Gasteiger partial charge in [0.15, 0.2) is 0 Å². The SMILES string of the molecule is Cc1cc(C(=O)NCC(C)(O)CO)ccn1. The van der Waals surface area contributed by atoms with E-state index in [1.165, 1.54) is 6.92 Å². The molecule has 1 amide bonds. The first-order valence-corrected chi connectivity index (χ1v) is 4.99. The maximum atomic E-state index is 11.6. The third-order valence-electron chi connectivity index (χ3n) is 2.13. The van der Waals surface area contributed by atoms with Crippen molar-refractivity contribution in [3.8, 4) is 0 Å². The lowest BCUT2D eigenvalue weighted by Gasteiger charge is -2.20. The molecule has 0 aliphatic carbocycles. The van der Waals surface area contributed by atoms with Crippen LogP contribution in [0, 0.1) is 6.92 Å². The summed E-state index contributed by atoms with van der Waals surface area (Å²) >= 11 is 0. The highest BCUT2D eigenvalue weighted by Crippen LogP contribution is 2.03. The molecule has 0 radical (unpaired) electrons. The van der Waals surface area contributed by atoms with Crippen LogP contribution in [0.15, 0.2) is 18.3 Å². The Morgan fingerprint density at radius 1 is 1.62 bits per heavy atom. The van der Waals surface area contributed by atoms with E-state index in [4.69, 9.17) is 5.11 Å². The van der Waals surface area contributed by atoms with Crippen LogP contribution in [0.2, 0.25) is 0 Å². The van der Waals surface area contributed by atoms with Crippen LogP contribution < -0.4 is 5.32 Å². The third-order valence-corrected chi connectivity index (χ3v) is 2.13. The van der Waals surface area contributed by atoms with Crippen LogP contribution >= 0.6 is 0 Å². The van der Waals surface area contributed by atoms with Gasteiger partial charge in [0.05, 0.1) is 6.61 Å². The highest BCUT2D eigenvalue weighted by Gasteiger charge is 2.20. The fraction of sp³-hybridized carbons (Fsp3) is 0.455. The van der Waals surface area contributed by atoms with Crippen molar-refractivity contribution in [1.29, 1.82) is 0 Å². The Bertz CT molecular complexity index is 377. The van der Waals surface area contributed by atoms with Crippen molar-refractivity contribution in [2.45, 2.75) is 19.4 Å². The molecule has 1 aromatic rings. The molecule has 0 aliphatic rings. The highest BCUT2D eigenvalue weighted by atomic mass is 16.3. The van der Waals surface area contributed by atoms with Crippen LogP contribution in [0.1, 0.15) is 23.0 Å². The Hall–Kier alpha value is -1.46. The molecule has 0 saturated heterocycles. The second-order valence-corrected chi connectivity index (χ2v) is 4.02. The van der Waals surface area contributed by atoms with E-state index in [0.717, 1.165) is 5.69 Å². The molecule has 3 N–H and O–H groups in total. The number of aromatic nitrogens is 1. The summed E-state index contributed by atoms with van der Waals surface area (Å²) in [4.78, 5) is 15.6. The maximum Gasteiger partial charge on any atom is 0.251 e. The number of aliphatic hydroxyl groups excluding tert-OH is 1. The molecule has 0 bridgehead atoms. The summed E-state index contributed by atoms with van der Waals surface area (Å²) in [6, 6.07) is 3.25. The van der Waals surface area contributed by atoms with Crippen molar-refractivity contribution >= 4 is 5.91 Å². The van der Waals surface area contributed by atoms with Gasteiger partial charge in [-0.2, -0.15) is 0 Å². The Kier molecular flexibility index (Phi) is 3.98. The summed E-state index contributed by atoms with van der Waals surface area (Å²) in [7, 11) is 0. The Balaban J connectivity index is 2.60. The summed E-state index contributed by atoms with van der Waals surface area (Å²) in [5, 5.41) is 20.8. The molecular formula is C11H16N2O3. The van der Waals surface area contributed by atoms with Crippen molar-refractivity contribution in [2.75, 3.05) is 13.2 Å². The van der Waals surface area contributed by atoms with Crippen LogP contribution in [0.3, 0.4) is 0 Å². The van der Waals surface area contributed by atoms with Gasteiger partial charge in [-0.25, -0.2) is 0 Å². The van der Waals surface area contributed by atoms with Gasteiger partial charge in [0.1, 0.15) is 5.60 Å². The second-order valence-electron chi connectivity index (χ2n) is 4.02. The van der Waals surface area contributed by atoms with Crippen LogP contribution in [-0.2, 0) is 0 Å². The summed E-state index contributed by atoms with van der Waals surface area (Å²) in [6.07, 6.45) is 1.55. The average molecular weight is 224 g/mol. The Morgan fingerprint density at radius 3 is 2.88 bits per heavy atom. The van der Waals surface area contributed by atoms with E-state index < -0.39 is 12.2 Å². The lowest BCUT2D eigenvalue weighted by molar-refractivity contribution is 0.00320. The molecule has 0 saturated carbocycles. The molecule has 5 heteroatoms. The monoisotopic (exact) mass is 224 g/mol. The maximum absolute atomic E-state index is 11.6. The first-order valence-electron chi connectivity index (χ1n) is 4.99. The highest BCUT2D eigenvalue weighted by molar-refractivity contribution is 5.94. The van der Waals surface area contributed by atoms with Crippen molar-refractivity contribution in [3.63, 3.8) is 0 Å². The lowest BCUT2D eigenvalue weighted by atomic mass is 10.1. The van der Waals surface area contributed by atoms with Crippen LogP contribution in [0.4, 0.5) is 0 Å². The lowest BCUT2D eigenvalue weighted by Crippen LogP contribution is -2.43. The minimum Gasteiger partial charge on any atom is -0.393 e. The molecule has 88 valence electrons. The van der Waals surface area contributed by atoms with E-state index in [9.17, 15) is 9.90 Å². The van der Waals surface area contributed by atoms with E-state index in [0.29, 0.717) is 5.56 Å². The number of amides is 1. The molecule has 0 aromatic carbocycles. The molecule has 16 heavy (non-hydrogen) atoms. The second kappa shape index (κ2) is 5.05. The standard InChI is InChI=1S/C11H16N2O3/c1-8-5-9(3-4-12-8)10(15)13-6-11(2,16)7-14/h3-5,14,16H,6-7H2,1-2H3,(H,13,15). The first-order chi connectivity index (χ1) is 7.44. The van der Waals surface area contributed by atoms with E-state index in [1.807, 2.05) is 0 Å². The number of aryl methyl sites for hydroxylation is 1. The van der Waals surface area contributed by atoms with Gasteiger partial charge in [-0.15, -0.1) is 0 Å². The largest absolute Gasteiger partial charge is 0.393 e. The summed E-state index contributed by atoms with van der Waals surface area (Å²) in [5.74, 6) is -0.292. The summed E-state index contributed by atoms with van der Waals surface area (Å²) in [6.45, 7) is 2.85. The normalized spacial score (nSPS) is 14.2. The number of hydrogen-bond donors (Lipinski definition) is 3. The van der Waals surface area contributed by atoms with Crippen molar-refractivity contribution < 1.29 is 15.0 Å². The van der Waals surface area contributed by atoms with Crippen molar-refractivity contribution in [3.05, 3.63) is 29.6 Å². The quantitative estimate of drug-likeness (QED) is 0.665. The summed E-state index contributed by atoms with van der Waals surface area (Å²) in [5.41, 5.74) is -0.0552. The molecular weight excluding hydrogens is 208 g/mol. The van der Waals surface area contributed by atoms with Gasteiger partial charge in [-0.05, 0) is 26.0 Å². The number of carbonyl (C=O) groups is 1. The molecule has 1 rings (SSSR count). The number of hydrogen-bond acceptors (Lipinski definition) is 4. The zero-order chi connectivity index (χ0) is 12.2. The number of carbonyl (C=O) groups excluding carboxylic acids is 1. The molecule has 1 atom stereocenters. The minimum absolute atomic E-state index is 0.00367. The van der Waals surface area contributed by atoms with Crippen molar-refractivity contribution in [2.24, 2.45) is 0 Å². The van der Waals surface area contributed by atoms with Gasteiger partial charge in [0, 0.05) is 24.0 Å². The first kappa shape index (κ1) is 12.6. The van der Waals surface area contributed by atoms with Gasteiger partial charge in [0.25, 0.3) is 5.91 Å². The molecule has 1 aromatic heterocycles. The van der Waals surface area contributed by atoms with E-state index in [2.05, 4.69) is 10.3 Å². The predicted octanol–water partition coefficient (Wildman–Crippen LogP) is -0.137. The average Bonchev–Trinajstić information content (AvgIpc) is 2.26. The van der Waals surface area contributed by atoms with Gasteiger partial charge in [-0.1, -0.05) is 0 Å². The number of nitrogens with zero attached hydrogens (tertiary/aromatic N) is 1. The van der Waals surface area contributed by atoms with Gasteiger partial charge in [-0.3, -0.25) is 9.78 Å². The van der Waals surface area contributed by atoms with E-state index in [-0.39, 0.29) is 12.5 Å². The smallest absolute Gasteiger partial charge is 0.251 e. The van der Waals surface area contributed by atoms with Crippen molar-refractivity contribution in [1.82, 2.24) is 10.3 Å². The van der Waals surface area contributed by atoms with Gasteiger partial charge >= 0.3 is 0 Å². The molecule has 0 aliphatic heterocycles. The number of pyridine rings is 1. The molecule has 1 unspecified atom stereocenters. The zero-order valence-corrected chi connectivity index (χ0v) is 9.40. The summed E-state index contributed by atoms with van der Waals surface area (Å²) < 4.78 is 0. The van der Waals surface area contributed by atoms with Crippen LogP contribution in [0.5, 0.6) is 0 Å². The van der Waals surface area contributed by atoms with Crippen LogP contribution in [0.25, 0.3) is 0 Å². The number of nitrogens with one attached hydrogen (secondary N) is 1. The molecule has 5 nitrogen and oxygen atoms in total. The molecule has 0 spiro atoms. The molecule has 1 heterocycles. The predicted molar refractivity (Wildman–Crippen MR) is 59.0 cm³/mol. The minimum atomic E-state index is -1.29. The van der Waals surface area contributed by atoms with E-state index in [1.54, 1.807) is 25.3 Å². The fourth-order valence-electron chi connectivity index (χ4n) is 1.12. The topological polar surface area (TPSA) is 82.5 Å². The van der Waals surface area contributed by atoms with E-state index >= 15 is 0 Å². The van der Waals surface area contributed by atoms with Gasteiger partial charge in [0.2, 0.25) is 0 Å². The third kappa shape index (κ3) is 3.60. The number of aliphatic hydroxyl groups is 2. The Labute approximate surface area is 94.1 Å². The zero-order valence-electron chi connectivity index (χ0n) is 9.40. The fourth-order valence-corrected chi connectivity index (χ4v) is 1.12. The Morgan fingerprint density at radius 2 is 2.31 bits per heavy atom. The van der Waals surface area contributed by atoms with Gasteiger partial charge < -0.3 is 15.5 Å². The molecule has 0 fully saturated rings.